The molecule has 35 heavy (non-hydrogen) atoms. The van der Waals surface area contributed by atoms with Crippen LogP contribution in [-0.4, -0.2) is 30.8 Å². The Kier molecular flexibility index (Phi) is 7.41. The summed E-state index contributed by atoms with van der Waals surface area (Å²) in [7, 11) is 0. The fourth-order valence-electron chi connectivity index (χ4n) is 3.29. The highest BCUT2D eigenvalue weighted by atomic mass is 32.2. The average Bonchev–Trinajstić information content (AvgIpc) is 3.26. The number of hydrogen-bond acceptors (Lipinski definition) is 7. The maximum Gasteiger partial charge on any atom is 0.269 e. The highest BCUT2D eigenvalue weighted by molar-refractivity contribution is 8.00. The third-order valence-corrected chi connectivity index (χ3v) is 6.20. The van der Waals surface area contributed by atoms with E-state index in [2.05, 4.69) is 15.5 Å². The Morgan fingerprint density at radius 1 is 1.06 bits per heavy atom. The monoisotopic (exact) mass is 489 g/mol. The molecule has 1 amide bonds. The molecule has 1 N–H and O–H groups in total. The van der Waals surface area contributed by atoms with Crippen LogP contribution in [0.5, 0.6) is 5.75 Å². The standard InChI is InChI=1S/C25H23N5O4S/c1-17-8-6-7-11-22(17)34-16-23-27-28-25(29(23)20-9-4-3-5-10-20)35-18(2)24(31)26-19-12-14-21(15-13-19)30(32)33/h3-15,18H,16H2,1-2H3,(H,26,31). The van der Waals surface area contributed by atoms with Crippen LogP contribution in [0.4, 0.5) is 11.4 Å². The Bertz CT molecular complexity index is 1330. The summed E-state index contributed by atoms with van der Waals surface area (Å²) < 4.78 is 7.87. The minimum Gasteiger partial charge on any atom is -0.485 e. The van der Waals surface area contributed by atoms with Gasteiger partial charge in [-0.15, -0.1) is 10.2 Å². The lowest BCUT2D eigenvalue weighted by molar-refractivity contribution is -0.384. The zero-order valence-corrected chi connectivity index (χ0v) is 19.9. The number of benzene rings is 3. The van der Waals surface area contributed by atoms with E-state index in [1.165, 1.54) is 36.0 Å². The van der Waals surface area contributed by atoms with Crippen LogP contribution >= 0.6 is 11.8 Å². The van der Waals surface area contributed by atoms with Crippen LogP contribution in [-0.2, 0) is 11.4 Å². The Morgan fingerprint density at radius 2 is 1.74 bits per heavy atom. The summed E-state index contributed by atoms with van der Waals surface area (Å²) in [4.78, 5) is 23.1. The van der Waals surface area contributed by atoms with Crippen molar-refractivity contribution in [1.82, 2.24) is 14.8 Å². The molecule has 178 valence electrons. The Morgan fingerprint density at radius 3 is 2.43 bits per heavy atom. The Hall–Kier alpha value is -4.18. The van der Waals surface area contributed by atoms with E-state index in [1.807, 2.05) is 66.1 Å². The smallest absolute Gasteiger partial charge is 0.269 e. The van der Waals surface area contributed by atoms with Crippen molar-refractivity contribution >= 4 is 29.0 Å². The molecule has 0 spiro atoms. The minimum absolute atomic E-state index is 0.0400. The quantitative estimate of drug-likeness (QED) is 0.196. The van der Waals surface area contributed by atoms with E-state index in [1.54, 1.807) is 6.92 Å². The van der Waals surface area contributed by atoms with Gasteiger partial charge in [-0.05, 0) is 49.7 Å². The van der Waals surface area contributed by atoms with Gasteiger partial charge in [0.1, 0.15) is 12.4 Å². The number of nitro benzene ring substituents is 1. The molecule has 0 fully saturated rings. The van der Waals surface area contributed by atoms with Crippen LogP contribution in [0, 0.1) is 17.0 Å². The molecule has 4 aromatic rings. The molecule has 1 heterocycles. The van der Waals surface area contributed by atoms with E-state index in [-0.39, 0.29) is 18.2 Å². The number of anilines is 1. The fraction of sp³-hybridized carbons (Fsp3) is 0.160. The molecule has 0 saturated heterocycles. The Balaban J connectivity index is 1.51. The number of carbonyl (C=O) groups excluding carboxylic acids is 1. The van der Waals surface area contributed by atoms with Crippen LogP contribution < -0.4 is 10.1 Å². The summed E-state index contributed by atoms with van der Waals surface area (Å²) in [6.45, 7) is 3.94. The van der Waals surface area contributed by atoms with Gasteiger partial charge in [0.25, 0.3) is 5.69 Å². The van der Waals surface area contributed by atoms with E-state index in [4.69, 9.17) is 4.74 Å². The number of carbonyl (C=O) groups is 1. The molecule has 0 bridgehead atoms. The molecule has 0 aliphatic heterocycles. The molecule has 4 rings (SSSR count). The Labute approximate surface area is 206 Å². The number of ether oxygens (including phenoxy) is 1. The molecule has 3 aromatic carbocycles. The molecule has 0 aliphatic carbocycles. The number of non-ortho nitro benzene ring substituents is 1. The van der Waals surface area contributed by atoms with Crippen LogP contribution in [0.1, 0.15) is 18.3 Å². The second kappa shape index (κ2) is 10.8. The van der Waals surface area contributed by atoms with E-state index < -0.39 is 10.2 Å². The van der Waals surface area contributed by atoms with Crippen LogP contribution in [0.25, 0.3) is 5.69 Å². The molecular weight excluding hydrogens is 466 g/mol. The molecule has 0 saturated carbocycles. The van der Waals surface area contributed by atoms with Gasteiger partial charge in [0.2, 0.25) is 5.91 Å². The molecule has 0 radical (unpaired) electrons. The first-order valence-corrected chi connectivity index (χ1v) is 11.7. The summed E-state index contributed by atoms with van der Waals surface area (Å²) >= 11 is 1.26. The number of hydrogen-bond donors (Lipinski definition) is 1. The van der Waals surface area contributed by atoms with Crippen molar-refractivity contribution < 1.29 is 14.5 Å². The lowest BCUT2D eigenvalue weighted by Crippen LogP contribution is -2.23. The normalized spacial score (nSPS) is 11.6. The second-order valence-corrected chi connectivity index (χ2v) is 8.99. The predicted molar refractivity (Wildman–Crippen MR) is 134 cm³/mol. The third-order valence-electron chi connectivity index (χ3n) is 5.16. The highest BCUT2D eigenvalue weighted by Crippen LogP contribution is 2.28. The van der Waals surface area contributed by atoms with E-state index in [0.717, 1.165) is 17.0 Å². The van der Waals surface area contributed by atoms with Crippen molar-refractivity contribution in [3.63, 3.8) is 0 Å². The van der Waals surface area contributed by atoms with Gasteiger partial charge in [0.05, 0.1) is 10.2 Å². The number of aryl methyl sites for hydroxylation is 1. The lowest BCUT2D eigenvalue weighted by atomic mass is 10.2. The van der Waals surface area contributed by atoms with E-state index >= 15 is 0 Å². The second-order valence-electron chi connectivity index (χ2n) is 7.68. The zero-order valence-electron chi connectivity index (χ0n) is 19.1. The molecule has 1 unspecified atom stereocenters. The van der Waals surface area contributed by atoms with Gasteiger partial charge in [-0.25, -0.2) is 0 Å². The van der Waals surface area contributed by atoms with Crippen molar-refractivity contribution in [3.05, 3.63) is 100 Å². The lowest BCUT2D eigenvalue weighted by Gasteiger charge is -2.14. The predicted octanol–water partition coefficient (Wildman–Crippen LogP) is 5.18. The summed E-state index contributed by atoms with van der Waals surface area (Å²) in [5.41, 5.74) is 2.31. The molecular formula is C25H23N5O4S. The van der Waals surface area contributed by atoms with Crippen molar-refractivity contribution in [2.75, 3.05) is 5.32 Å². The van der Waals surface area contributed by atoms with Crippen molar-refractivity contribution in [1.29, 1.82) is 0 Å². The number of aromatic nitrogens is 3. The molecule has 10 heteroatoms. The molecule has 0 aliphatic rings. The molecule has 1 atom stereocenters. The number of rotatable bonds is 9. The average molecular weight is 490 g/mol. The van der Waals surface area contributed by atoms with Crippen molar-refractivity contribution in [2.45, 2.75) is 30.9 Å². The maximum atomic E-state index is 12.8. The minimum atomic E-state index is -0.512. The van der Waals surface area contributed by atoms with Crippen LogP contribution in [0.3, 0.4) is 0 Å². The summed E-state index contributed by atoms with van der Waals surface area (Å²) in [5, 5.41) is 22.3. The first-order chi connectivity index (χ1) is 16.9. The van der Waals surface area contributed by atoms with Gasteiger partial charge >= 0.3 is 0 Å². The highest BCUT2D eigenvalue weighted by Gasteiger charge is 2.22. The van der Waals surface area contributed by atoms with Gasteiger partial charge in [0, 0.05) is 23.5 Å². The SMILES string of the molecule is Cc1ccccc1OCc1nnc(SC(C)C(=O)Nc2ccc([N+](=O)[O-])cc2)n1-c1ccccc1. The van der Waals surface area contributed by atoms with Gasteiger partial charge in [0.15, 0.2) is 11.0 Å². The first-order valence-electron chi connectivity index (χ1n) is 10.8. The molecule has 1 aromatic heterocycles. The van der Waals surface area contributed by atoms with Gasteiger partial charge < -0.3 is 10.1 Å². The van der Waals surface area contributed by atoms with Crippen LogP contribution in [0.15, 0.2) is 84.0 Å². The van der Waals surface area contributed by atoms with Gasteiger partial charge in [-0.2, -0.15) is 0 Å². The number of nitrogens with zero attached hydrogens (tertiary/aromatic N) is 4. The zero-order chi connectivity index (χ0) is 24.8. The van der Waals surface area contributed by atoms with Gasteiger partial charge in [-0.1, -0.05) is 48.2 Å². The van der Waals surface area contributed by atoms with Crippen LogP contribution in [0.2, 0.25) is 0 Å². The van der Waals surface area contributed by atoms with E-state index in [0.29, 0.717) is 16.7 Å². The summed E-state index contributed by atoms with van der Waals surface area (Å²) in [6, 6.07) is 23.1. The number of thioether (sulfide) groups is 1. The number of nitrogens with one attached hydrogen (secondary N) is 1. The van der Waals surface area contributed by atoms with E-state index in [9.17, 15) is 14.9 Å². The largest absolute Gasteiger partial charge is 0.485 e. The summed E-state index contributed by atoms with van der Waals surface area (Å²) in [5.74, 6) is 1.11. The topological polar surface area (TPSA) is 112 Å². The number of amides is 1. The first kappa shape index (κ1) is 24.0. The van der Waals surface area contributed by atoms with Crippen molar-refractivity contribution in [3.8, 4) is 11.4 Å². The fourth-order valence-corrected chi connectivity index (χ4v) is 4.18. The molecule has 9 nitrogen and oxygen atoms in total. The number of nitro groups is 1. The number of para-hydroxylation sites is 2. The third kappa shape index (κ3) is 5.85. The van der Waals surface area contributed by atoms with Gasteiger partial charge in [-0.3, -0.25) is 19.5 Å². The van der Waals surface area contributed by atoms with Crippen molar-refractivity contribution in [2.24, 2.45) is 0 Å². The maximum absolute atomic E-state index is 12.8. The summed E-state index contributed by atoms with van der Waals surface area (Å²) in [6.07, 6.45) is 0.